The van der Waals surface area contributed by atoms with E-state index in [1.807, 2.05) is 6.07 Å². The van der Waals surface area contributed by atoms with Crippen LogP contribution in [0.1, 0.15) is 18.6 Å². The van der Waals surface area contributed by atoms with Crippen LogP contribution in [0.3, 0.4) is 0 Å². The zero-order valence-corrected chi connectivity index (χ0v) is 7.99. The van der Waals surface area contributed by atoms with Crippen LogP contribution in [0.2, 0.25) is 5.02 Å². The van der Waals surface area contributed by atoms with Gasteiger partial charge in [-0.1, -0.05) is 23.7 Å². The van der Waals surface area contributed by atoms with Crippen LogP contribution in [0, 0.1) is 17.2 Å². The molecular formula is C10H10ClNO. The summed E-state index contributed by atoms with van der Waals surface area (Å²) in [6.45, 7) is 1.68. The molecule has 0 amide bonds. The van der Waals surface area contributed by atoms with Crippen LogP contribution in [0.15, 0.2) is 24.3 Å². The predicted octanol–water partition coefficient (Wildman–Crippen LogP) is 2.53. The van der Waals surface area contributed by atoms with Crippen LogP contribution >= 0.6 is 11.6 Å². The van der Waals surface area contributed by atoms with E-state index in [1.165, 1.54) is 0 Å². The first-order valence-corrected chi connectivity index (χ1v) is 4.36. The van der Waals surface area contributed by atoms with Crippen molar-refractivity contribution < 1.29 is 5.11 Å². The molecule has 0 aliphatic carbocycles. The molecule has 0 fully saturated rings. The van der Waals surface area contributed by atoms with Gasteiger partial charge in [0.15, 0.2) is 0 Å². The van der Waals surface area contributed by atoms with Gasteiger partial charge in [-0.3, -0.25) is 0 Å². The average Bonchev–Trinajstić information content (AvgIpc) is 2.17. The molecule has 3 heteroatoms. The summed E-state index contributed by atoms with van der Waals surface area (Å²) in [6, 6.07) is 8.84. The maximum atomic E-state index is 9.61. The van der Waals surface area contributed by atoms with Crippen molar-refractivity contribution in [2.24, 2.45) is 5.92 Å². The maximum absolute atomic E-state index is 9.61. The fourth-order valence-corrected chi connectivity index (χ4v) is 1.15. The zero-order chi connectivity index (χ0) is 9.84. The van der Waals surface area contributed by atoms with Gasteiger partial charge in [0, 0.05) is 5.02 Å². The summed E-state index contributed by atoms with van der Waals surface area (Å²) < 4.78 is 0. The summed E-state index contributed by atoms with van der Waals surface area (Å²) in [5.41, 5.74) is 0.721. The number of nitriles is 1. The number of benzene rings is 1. The van der Waals surface area contributed by atoms with Crippen molar-refractivity contribution in [3.8, 4) is 6.07 Å². The molecule has 0 unspecified atom stereocenters. The minimum absolute atomic E-state index is 0.402. The Morgan fingerprint density at radius 1 is 1.38 bits per heavy atom. The Hall–Kier alpha value is -1.04. The number of hydrogen-bond donors (Lipinski definition) is 1. The number of nitrogens with zero attached hydrogens (tertiary/aromatic N) is 1. The normalized spacial score (nSPS) is 14.6. The molecule has 2 nitrogen and oxygen atoms in total. The van der Waals surface area contributed by atoms with E-state index in [0.29, 0.717) is 5.02 Å². The lowest BCUT2D eigenvalue weighted by Crippen LogP contribution is -2.06. The van der Waals surface area contributed by atoms with Gasteiger partial charge in [-0.2, -0.15) is 5.26 Å². The van der Waals surface area contributed by atoms with Crippen molar-refractivity contribution in [1.29, 1.82) is 5.26 Å². The van der Waals surface area contributed by atoms with Crippen LogP contribution in [0.25, 0.3) is 0 Å². The van der Waals surface area contributed by atoms with Crippen molar-refractivity contribution in [2.75, 3.05) is 0 Å². The average molecular weight is 196 g/mol. The number of halogens is 1. The van der Waals surface area contributed by atoms with Gasteiger partial charge < -0.3 is 5.11 Å². The largest absolute Gasteiger partial charge is 0.387 e. The second kappa shape index (κ2) is 4.27. The molecule has 0 saturated heterocycles. The van der Waals surface area contributed by atoms with E-state index < -0.39 is 12.0 Å². The van der Waals surface area contributed by atoms with Crippen LogP contribution in [-0.4, -0.2) is 5.11 Å². The van der Waals surface area contributed by atoms with Gasteiger partial charge in [-0.25, -0.2) is 0 Å². The maximum Gasteiger partial charge on any atom is 0.0945 e. The minimum atomic E-state index is -0.734. The second-order valence-electron chi connectivity index (χ2n) is 2.91. The molecule has 0 aliphatic heterocycles. The molecule has 0 aromatic heterocycles. The highest BCUT2D eigenvalue weighted by Gasteiger charge is 2.14. The first-order valence-electron chi connectivity index (χ1n) is 3.98. The monoisotopic (exact) mass is 195 g/mol. The lowest BCUT2D eigenvalue weighted by atomic mass is 9.99. The first-order chi connectivity index (χ1) is 6.15. The minimum Gasteiger partial charge on any atom is -0.387 e. The number of hydrogen-bond acceptors (Lipinski definition) is 2. The van der Waals surface area contributed by atoms with E-state index in [1.54, 1.807) is 31.2 Å². The molecule has 0 spiro atoms. The molecule has 0 heterocycles. The fourth-order valence-electron chi connectivity index (χ4n) is 1.02. The number of aliphatic hydroxyl groups excluding tert-OH is 1. The summed E-state index contributed by atoms with van der Waals surface area (Å²) >= 11 is 5.68. The molecule has 0 bridgehead atoms. The molecule has 2 atom stereocenters. The van der Waals surface area contributed by atoms with Gasteiger partial charge in [-0.05, 0) is 24.6 Å². The number of rotatable bonds is 2. The highest BCUT2D eigenvalue weighted by Crippen LogP contribution is 2.22. The van der Waals surface area contributed by atoms with E-state index in [2.05, 4.69) is 0 Å². The fraction of sp³-hybridized carbons (Fsp3) is 0.300. The molecule has 1 rings (SSSR count). The summed E-state index contributed by atoms with van der Waals surface area (Å²) in [5.74, 6) is -0.402. The van der Waals surface area contributed by atoms with E-state index in [-0.39, 0.29) is 0 Å². The summed E-state index contributed by atoms with van der Waals surface area (Å²) in [6.07, 6.45) is -0.734. The van der Waals surface area contributed by atoms with E-state index in [4.69, 9.17) is 16.9 Å². The second-order valence-corrected chi connectivity index (χ2v) is 3.35. The van der Waals surface area contributed by atoms with Crippen molar-refractivity contribution >= 4 is 11.6 Å². The lowest BCUT2D eigenvalue weighted by molar-refractivity contribution is 0.143. The Morgan fingerprint density at radius 2 is 1.92 bits per heavy atom. The van der Waals surface area contributed by atoms with Crippen LogP contribution in [-0.2, 0) is 0 Å². The van der Waals surface area contributed by atoms with Gasteiger partial charge in [0.05, 0.1) is 18.1 Å². The Bertz CT molecular complexity index is 315. The molecule has 0 radical (unpaired) electrons. The molecule has 68 valence electrons. The van der Waals surface area contributed by atoms with Crippen LogP contribution < -0.4 is 0 Å². The highest BCUT2D eigenvalue weighted by atomic mass is 35.5. The first kappa shape index (κ1) is 10.0. The van der Waals surface area contributed by atoms with Crippen LogP contribution in [0.4, 0.5) is 0 Å². The quantitative estimate of drug-likeness (QED) is 0.788. The molecular weight excluding hydrogens is 186 g/mol. The van der Waals surface area contributed by atoms with Gasteiger partial charge in [0.1, 0.15) is 0 Å². The van der Waals surface area contributed by atoms with Crippen molar-refractivity contribution in [2.45, 2.75) is 13.0 Å². The van der Waals surface area contributed by atoms with Crippen molar-refractivity contribution in [1.82, 2.24) is 0 Å². The third kappa shape index (κ3) is 2.45. The van der Waals surface area contributed by atoms with Crippen molar-refractivity contribution in [3.63, 3.8) is 0 Å². The van der Waals surface area contributed by atoms with Gasteiger partial charge in [0.25, 0.3) is 0 Å². The third-order valence-electron chi connectivity index (χ3n) is 1.89. The summed E-state index contributed by atoms with van der Waals surface area (Å²) in [7, 11) is 0. The van der Waals surface area contributed by atoms with Gasteiger partial charge >= 0.3 is 0 Å². The zero-order valence-electron chi connectivity index (χ0n) is 7.24. The van der Waals surface area contributed by atoms with Crippen LogP contribution in [0.5, 0.6) is 0 Å². The predicted molar refractivity (Wildman–Crippen MR) is 51.2 cm³/mol. The smallest absolute Gasteiger partial charge is 0.0945 e. The Kier molecular flexibility index (Phi) is 3.30. The Balaban J connectivity index is 2.84. The molecule has 1 aromatic rings. The molecule has 0 aliphatic rings. The summed E-state index contributed by atoms with van der Waals surface area (Å²) in [5, 5.41) is 18.8. The Labute approximate surface area is 82.4 Å². The van der Waals surface area contributed by atoms with Gasteiger partial charge in [-0.15, -0.1) is 0 Å². The van der Waals surface area contributed by atoms with Crippen molar-refractivity contribution in [3.05, 3.63) is 34.9 Å². The SMILES string of the molecule is C[C@@H](C#N)[C@H](O)c1ccc(Cl)cc1. The standard InChI is InChI=1S/C10H10ClNO/c1-7(6-12)10(13)8-2-4-9(11)5-3-8/h2-5,7,10,13H,1H3/t7-,10-/m0/s1. The van der Waals surface area contributed by atoms with E-state index in [0.717, 1.165) is 5.56 Å². The third-order valence-corrected chi connectivity index (χ3v) is 2.14. The molecule has 0 saturated carbocycles. The highest BCUT2D eigenvalue weighted by molar-refractivity contribution is 6.30. The number of aliphatic hydroxyl groups is 1. The Morgan fingerprint density at radius 3 is 2.38 bits per heavy atom. The van der Waals surface area contributed by atoms with E-state index >= 15 is 0 Å². The van der Waals surface area contributed by atoms with Gasteiger partial charge in [0.2, 0.25) is 0 Å². The molecule has 1 N–H and O–H groups in total. The summed E-state index contributed by atoms with van der Waals surface area (Å²) in [4.78, 5) is 0. The lowest BCUT2D eigenvalue weighted by Gasteiger charge is -2.12. The molecule has 1 aromatic carbocycles. The topological polar surface area (TPSA) is 44.0 Å². The molecule has 13 heavy (non-hydrogen) atoms. The van der Waals surface area contributed by atoms with E-state index in [9.17, 15) is 5.11 Å².